The van der Waals surface area contributed by atoms with E-state index in [1.165, 1.54) is 38.5 Å². The summed E-state index contributed by atoms with van der Waals surface area (Å²) in [6, 6.07) is 0. The van der Waals surface area contributed by atoms with Crippen molar-refractivity contribution in [3.8, 4) is 0 Å². The van der Waals surface area contributed by atoms with Gasteiger partial charge in [0.15, 0.2) is 0 Å². The van der Waals surface area contributed by atoms with E-state index in [1.54, 1.807) is 11.1 Å². The average Bonchev–Trinajstić information content (AvgIpc) is 2.29. The highest BCUT2D eigenvalue weighted by Crippen LogP contribution is 2.43. The van der Waals surface area contributed by atoms with Gasteiger partial charge in [0, 0.05) is 0 Å². The van der Waals surface area contributed by atoms with Gasteiger partial charge in [-0.2, -0.15) is 0 Å². The van der Waals surface area contributed by atoms with Crippen LogP contribution in [0.2, 0.25) is 0 Å². The second-order valence-electron chi connectivity index (χ2n) is 4.82. The van der Waals surface area contributed by atoms with Crippen molar-refractivity contribution in [1.82, 2.24) is 0 Å². The van der Waals surface area contributed by atoms with Gasteiger partial charge in [-0.3, -0.25) is 0 Å². The minimum atomic E-state index is 0.875. The second-order valence-corrected chi connectivity index (χ2v) is 4.82. The highest BCUT2D eigenvalue weighted by molar-refractivity contribution is 5.40. The van der Waals surface area contributed by atoms with E-state index in [0.29, 0.717) is 0 Å². The summed E-state index contributed by atoms with van der Waals surface area (Å²) >= 11 is 0. The van der Waals surface area contributed by atoms with Gasteiger partial charge in [0.05, 0.1) is 0 Å². The Bertz CT molecular complexity index is 285. The second kappa shape index (κ2) is 3.42. The number of fused-ring (bicyclic) bond motifs is 3. The molecule has 0 heterocycles. The van der Waals surface area contributed by atoms with Gasteiger partial charge in [-0.05, 0) is 61.5 Å². The molecule has 2 atom stereocenters. The lowest BCUT2D eigenvalue weighted by molar-refractivity contribution is 0.351. The van der Waals surface area contributed by atoms with Gasteiger partial charge in [0.25, 0.3) is 0 Å². The molecule has 0 radical (unpaired) electrons. The van der Waals surface area contributed by atoms with E-state index in [4.69, 9.17) is 0 Å². The molecule has 0 spiro atoms. The molecule has 0 aromatic carbocycles. The predicted molar refractivity (Wildman–Crippen MR) is 60.0 cm³/mol. The fourth-order valence-corrected chi connectivity index (χ4v) is 3.29. The third-order valence-corrected chi connectivity index (χ3v) is 4.01. The van der Waals surface area contributed by atoms with Crippen molar-refractivity contribution in [2.75, 3.05) is 0 Å². The summed E-state index contributed by atoms with van der Waals surface area (Å²) in [6.45, 7) is 0. The first-order chi connectivity index (χ1) is 6.95. The quantitative estimate of drug-likeness (QED) is 0.536. The zero-order chi connectivity index (χ0) is 9.38. The van der Waals surface area contributed by atoms with Crippen molar-refractivity contribution in [1.29, 1.82) is 0 Å². The minimum Gasteiger partial charge on any atom is -0.0810 e. The molecule has 0 nitrogen and oxygen atoms in total. The number of hydrogen-bond acceptors (Lipinski definition) is 0. The van der Waals surface area contributed by atoms with Crippen molar-refractivity contribution in [2.24, 2.45) is 11.8 Å². The van der Waals surface area contributed by atoms with E-state index in [2.05, 4.69) is 24.3 Å². The van der Waals surface area contributed by atoms with Crippen molar-refractivity contribution in [2.45, 2.75) is 38.5 Å². The zero-order valence-corrected chi connectivity index (χ0v) is 8.71. The van der Waals surface area contributed by atoms with E-state index in [-0.39, 0.29) is 0 Å². The Morgan fingerprint density at radius 1 is 0.786 bits per heavy atom. The molecule has 0 aromatic rings. The maximum atomic E-state index is 2.47. The van der Waals surface area contributed by atoms with Crippen molar-refractivity contribution in [3.05, 3.63) is 35.5 Å². The van der Waals surface area contributed by atoms with Crippen LogP contribution in [0.25, 0.3) is 0 Å². The Kier molecular flexibility index (Phi) is 2.08. The first-order valence-electron chi connectivity index (χ1n) is 6.03. The molecule has 0 aromatic heterocycles. The van der Waals surface area contributed by atoms with Crippen LogP contribution in [0.4, 0.5) is 0 Å². The maximum absolute atomic E-state index is 2.47. The molecule has 0 aliphatic heterocycles. The van der Waals surface area contributed by atoms with Crippen LogP contribution in [-0.2, 0) is 0 Å². The van der Waals surface area contributed by atoms with Gasteiger partial charge in [-0.1, -0.05) is 24.3 Å². The Hall–Kier alpha value is -0.780. The summed E-state index contributed by atoms with van der Waals surface area (Å²) < 4.78 is 0. The highest BCUT2D eigenvalue weighted by atomic mass is 14.4. The van der Waals surface area contributed by atoms with E-state index < -0.39 is 0 Å². The van der Waals surface area contributed by atoms with Crippen LogP contribution in [-0.4, -0.2) is 0 Å². The topological polar surface area (TPSA) is 0 Å². The van der Waals surface area contributed by atoms with Crippen molar-refractivity contribution >= 4 is 0 Å². The third-order valence-electron chi connectivity index (χ3n) is 4.01. The summed E-state index contributed by atoms with van der Waals surface area (Å²) in [5.41, 5.74) is 3.28. The molecule has 3 aliphatic carbocycles. The van der Waals surface area contributed by atoms with Crippen LogP contribution < -0.4 is 0 Å². The van der Waals surface area contributed by atoms with Crippen LogP contribution in [0.5, 0.6) is 0 Å². The van der Waals surface area contributed by atoms with Crippen LogP contribution in [0.3, 0.4) is 0 Å². The van der Waals surface area contributed by atoms with Gasteiger partial charge in [0.1, 0.15) is 0 Å². The van der Waals surface area contributed by atoms with E-state index in [1.807, 2.05) is 0 Å². The Labute approximate surface area is 86.4 Å². The smallest absolute Gasteiger partial charge is 0.00962 e. The van der Waals surface area contributed by atoms with E-state index in [0.717, 1.165) is 11.8 Å². The van der Waals surface area contributed by atoms with Gasteiger partial charge in [0.2, 0.25) is 0 Å². The molecule has 14 heavy (non-hydrogen) atoms. The standard InChI is InChI=1S/C14H18/c1-3-7-13-11(5-1)9-10-12-6-2-4-8-14(12)13/h5-6,9-10,13-14H,1-4,7-8H2. The number of hydrogen-bond donors (Lipinski definition) is 0. The average molecular weight is 186 g/mol. The first kappa shape index (κ1) is 8.52. The van der Waals surface area contributed by atoms with Crippen LogP contribution in [0.1, 0.15) is 38.5 Å². The molecule has 2 unspecified atom stereocenters. The third kappa shape index (κ3) is 1.28. The Morgan fingerprint density at radius 2 is 1.29 bits per heavy atom. The predicted octanol–water partition coefficient (Wildman–Crippen LogP) is 4.01. The summed E-state index contributed by atoms with van der Waals surface area (Å²) in [5.74, 6) is 1.75. The Balaban J connectivity index is 1.99. The fourth-order valence-electron chi connectivity index (χ4n) is 3.29. The van der Waals surface area contributed by atoms with Crippen LogP contribution >= 0.6 is 0 Å². The van der Waals surface area contributed by atoms with Gasteiger partial charge >= 0.3 is 0 Å². The normalized spacial score (nSPS) is 35.4. The van der Waals surface area contributed by atoms with Gasteiger partial charge < -0.3 is 0 Å². The molecule has 0 bridgehead atoms. The molecule has 0 heteroatoms. The maximum Gasteiger partial charge on any atom is -0.00962 e. The first-order valence-corrected chi connectivity index (χ1v) is 6.03. The Morgan fingerprint density at radius 3 is 1.79 bits per heavy atom. The molecule has 0 saturated carbocycles. The van der Waals surface area contributed by atoms with Gasteiger partial charge in [-0.25, -0.2) is 0 Å². The molecule has 0 fully saturated rings. The number of rotatable bonds is 0. The molecule has 74 valence electrons. The molecular formula is C14H18. The molecule has 0 N–H and O–H groups in total. The van der Waals surface area contributed by atoms with E-state index in [9.17, 15) is 0 Å². The molecule has 0 saturated heterocycles. The lowest BCUT2D eigenvalue weighted by Gasteiger charge is -2.36. The molecule has 3 aliphatic rings. The summed E-state index contributed by atoms with van der Waals surface area (Å²) in [7, 11) is 0. The minimum absolute atomic E-state index is 0.875. The zero-order valence-electron chi connectivity index (χ0n) is 8.71. The monoisotopic (exact) mass is 186 g/mol. The fraction of sp³-hybridized carbons (Fsp3) is 0.571. The molecule has 3 rings (SSSR count). The van der Waals surface area contributed by atoms with Crippen LogP contribution in [0.15, 0.2) is 35.5 Å². The summed E-state index contributed by atoms with van der Waals surface area (Å²) in [4.78, 5) is 0. The number of allylic oxidation sites excluding steroid dienone is 6. The van der Waals surface area contributed by atoms with Gasteiger partial charge in [-0.15, -0.1) is 0 Å². The molecular weight excluding hydrogens is 168 g/mol. The lowest BCUT2D eigenvalue weighted by atomic mass is 9.68. The van der Waals surface area contributed by atoms with Crippen molar-refractivity contribution in [3.63, 3.8) is 0 Å². The van der Waals surface area contributed by atoms with E-state index >= 15 is 0 Å². The summed E-state index contributed by atoms with van der Waals surface area (Å²) in [5, 5.41) is 0. The largest absolute Gasteiger partial charge is 0.0810 e. The lowest BCUT2D eigenvalue weighted by Crippen LogP contribution is -2.24. The van der Waals surface area contributed by atoms with Crippen molar-refractivity contribution < 1.29 is 0 Å². The summed E-state index contributed by atoms with van der Waals surface area (Å²) in [6.07, 6.45) is 18.0. The van der Waals surface area contributed by atoms with Crippen LogP contribution in [0, 0.1) is 11.8 Å². The SMILES string of the molecule is C1=CC2=CCCCC2C2CCCC=C12. The highest BCUT2D eigenvalue weighted by Gasteiger charge is 2.31. The molecule has 0 amide bonds.